The molecule has 0 aliphatic heterocycles. The van der Waals surface area contributed by atoms with Crippen molar-refractivity contribution in [2.45, 2.75) is 19.3 Å². The van der Waals surface area contributed by atoms with Crippen LogP contribution in [0.5, 0.6) is 0 Å². The molecule has 0 spiro atoms. The van der Waals surface area contributed by atoms with Gasteiger partial charge in [0.1, 0.15) is 0 Å². The highest BCUT2D eigenvalue weighted by Crippen LogP contribution is 2.25. The number of amides is 1. The van der Waals surface area contributed by atoms with E-state index in [0.717, 1.165) is 23.1 Å². The summed E-state index contributed by atoms with van der Waals surface area (Å²) < 4.78 is 5.92. The maximum atomic E-state index is 12.3. The van der Waals surface area contributed by atoms with Crippen LogP contribution in [-0.2, 0) is 14.9 Å². The average molecular weight is 380 g/mol. The lowest BCUT2D eigenvalue weighted by Crippen LogP contribution is -2.42. The minimum absolute atomic E-state index is 0. The molecular weight excluding hydrogens is 356 g/mol. The number of carbonyl (C=O) groups excluding carboxylic acids is 1. The lowest BCUT2D eigenvalue weighted by atomic mass is 9.84. The van der Waals surface area contributed by atoms with Gasteiger partial charge in [-0.15, -0.1) is 12.4 Å². The van der Waals surface area contributed by atoms with Crippen LogP contribution in [0.1, 0.15) is 19.4 Å². The van der Waals surface area contributed by atoms with E-state index in [-0.39, 0.29) is 18.3 Å². The molecule has 1 aromatic carbocycles. The maximum Gasteiger partial charge on any atom is 0.230 e. The minimum Gasteiger partial charge on any atom is -0.383 e. The molecule has 0 radical (unpaired) electrons. The van der Waals surface area contributed by atoms with Crippen LogP contribution < -0.4 is 10.6 Å². The lowest BCUT2D eigenvalue weighted by molar-refractivity contribution is -0.125. The molecule has 0 fully saturated rings. The first kappa shape index (κ1) is 20.4. The van der Waals surface area contributed by atoms with Crippen LogP contribution >= 0.6 is 28.3 Å². The van der Waals surface area contributed by atoms with E-state index in [4.69, 9.17) is 4.74 Å². The number of hydrogen-bond acceptors (Lipinski definition) is 3. The van der Waals surface area contributed by atoms with Gasteiger partial charge < -0.3 is 15.4 Å². The molecule has 1 amide bonds. The van der Waals surface area contributed by atoms with E-state index in [1.807, 2.05) is 38.1 Å². The molecule has 0 saturated heterocycles. The minimum atomic E-state index is -0.545. The van der Waals surface area contributed by atoms with Gasteiger partial charge in [0.25, 0.3) is 0 Å². The Morgan fingerprint density at radius 3 is 2.62 bits per heavy atom. The Kier molecular flexibility index (Phi) is 9.86. The van der Waals surface area contributed by atoms with Crippen molar-refractivity contribution in [1.29, 1.82) is 0 Å². The van der Waals surface area contributed by atoms with Crippen LogP contribution in [0.2, 0.25) is 0 Å². The summed E-state index contributed by atoms with van der Waals surface area (Å²) in [5, 5.41) is 6.16. The van der Waals surface area contributed by atoms with E-state index in [1.54, 1.807) is 7.11 Å². The molecule has 0 heterocycles. The summed E-state index contributed by atoms with van der Waals surface area (Å²) in [5.74, 6) is 0.0316. The summed E-state index contributed by atoms with van der Waals surface area (Å²) in [7, 11) is 1.67. The standard InChI is InChI=1S/C15H23BrN2O2.ClH/c1-15(2,12-5-4-6-13(16)11-12)14(19)18-8-7-17-9-10-20-3;/h4-6,11,17H,7-10H2,1-3H3,(H,18,19);1H. The molecule has 1 rings (SSSR count). The summed E-state index contributed by atoms with van der Waals surface area (Å²) in [5.41, 5.74) is 0.452. The van der Waals surface area contributed by atoms with Crippen molar-refractivity contribution in [3.05, 3.63) is 34.3 Å². The van der Waals surface area contributed by atoms with Gasteiger partial charge >= 0.3 is 0 Å². The largest absolute Gasteiger partial charge is 0.383 e. The first-order valence-corrected chi connectivity index (χ1v) is 7.52. The van der Waals surface area contributed by atoms with Gasteiger partial charge in [-0.25, -0.2) is 0 Å². The van der Waals surface area contributed by atoms with Crippen LogP contribution in [-0.4, -0.2) is 39.3 Å². The van der Waals surface area contributed by atoms with Gasteiger partial charge in [-0.2, -0.15) is 0 Å². The summed E-state index contributed by atoms with van der Waals surface area (Å²) in [6.45, 7) is 6.69. The Hall–Kier alpha value is -0.620. The first-order valence-electron chi connectivity index (χ1n) is 6.72. The van der Waals surface area contributed by atoms with Gasteiger partial charge in [-0.1, -0.05) is 28.1 Å². The number of carbonyl (C=O) groups is 1. The predicted octanol–water partition coefficient (Wildman–Crippen LogP) is 2.50. The van der Waals surface area contributed by atoms with Gasteiger partial charge in [0, 0.05) is 31.2 Å². The summed E-state index contributed by atoms with van der Waals surface area (Å²) in [6, 6.07) is 7.86. The Morgan fingerprint density at radius 2 is 2.00 bits per heavy atom. The van der Waals surface area contributed by atoms with Crippen LogP contribution in [0.25, 0.3) is 0 Å². The topological polar surface area (TPSA) is 50.4 Å². The van der Waals surface area contributed by atoms with Crippen molar-refractivity contribution in [2.24, 2.45) is 0 Å². The fraction of sp³-hybridized carbons (Fsp3) is 0.533. The molecule has 0 unspecified atom stereocenters. The van der Waals surface area contributed by atoms with Crippen molar-refractivity contribution in [3.63, 3.8) is 0 Å². The maximum absolute atomic E-state index is 12.3. The zero-order valence-electron chi connectivity index (χ0n) is 12.7. The monoisotopic (exact) mass is 378 g/mol. The molecule has 4 nitrogen and oxygen atoms in total. The predicted molar refractivity (Wildman–Crippen MR) is 92.2 cm³/mol. The van der Waals surface area contributed by atoms with Gasteiger partial charge in [-0.3, -0.25) is 4.79 Å². The molecule has 6 heteroatoms. The second-order valence-corrected chi connectivity index (χ2v) is 6.05. The molecule has 0 bridgehead atoms. The fourth-order valence-electron chi connectivity index (χ4n) is 1.79. The molecule has 0 saturated carbocycles. The Bertz CT molecular complexity index is 441. The van der Waals surface area contributed by atoms with Crippen molar-refractivity contribution >= 4 is 34.2 Å². The molecule has 21 heavy (non-hydrogen) atoms. The lowest BCUT2D eigenvalue weighted by Gasteiger charge is -2.24. The van der Waals surface area contributed by atoms with Crippen molar-refractivity contribution in [2.75, 3.05) is 33.4 Å². The molecule has 0 aliphatic carbocycles. The third-order valence-corrected chi connectivity index (χ3v) is 3.68. The van der Waals surface area contributed by atoms with Gasteiger partial charge in [0.05, 0.1) is 12.0 Å². The highest BCUT2D eigenvalue weighted by molar-refractivity contribution is 9.10. The normalized spacial score (nSPS) is 10.9. The Balaban J connectivity index is 0.00000400. The molecule has 120 valence electrons. The van der Waals surface area contributed by atoms with E-state index < -0.39 is 5.41 Å². The Morgan fingerprint density at radius 1 is 1.29 bits per heavy atom. The van der Waals surface area contributed by atoms with Crippen LogP contribution in [0.3, 0.4) is 0 Å². The number of rotatable bonds is 8. The second kappa shape index (κ2) is 10.2. The number of ether oxygens (including phenoxy) is 1. The van der Waals surface area contributed by atoms with E-state index in [0.29, 0.717) is 13.2 Å². The molecule has 0 atom stereocenters. The smallest absolute Gasteiger partial charge is 0.230 e. The third kappa shape index (κ3) is 6.78. The summed E-state index contributed by atoms with van der Waals surface area (Å²) in [6.07, 6.45) is 0. The summed E-state index contributed by atoms with van der Waals surface area (Å²) in [4.78, 5) is 12.3. The number of hydrogen-bond donors (Lipinski definition) is 2. The summed E-state index contributed by atoms with van der Waals surface area (Å²) >= 11 is 3.44. The average Bonchev–Trinajstić information content (AvgIpc) is 2.42. The Labute approximate surface area is 141 Å². The zero-order chi connectivity index (χ0) is 15.0. The van der Waals surface area contributed by atoms with Crippen molar-refractivity contribution in [3.8, 4) is 0 Å². The van der Waals surface area contributed by atoms with E-state index >= 15 is 0 Å². The molecule has 1 aromatic rings. The second-order valence-electron chi connectivity index (χ2n) is 5.13. The van der Waals surface area contributed by atoms with Gasteiger partial charge in [0.15, 0.2) is 0 Å². The van der Waals surface area contributed by atoms with Gasteiger partial charge in [0.2, 0.25) is 5.91 Å². The van der Waals surface area contributed by atoms with E-state index in [1.165, 1.54) is 0 Å². The quantitative estimate of drug-likeness (QED) is 0.682. The fourth-order valence-corrected chi connectivity index (χ4v) is 2.19. The van der Waals surface area contributed by atoms with Gasteiger partial charge in [-0.05, 0) is 31.5 Å². The van der Waals surface area contributed by atoms with Crippen LogP contribution in [0.15, 0.2) is 28.7 Å². The number of halogens is 2. The number of methoxy groups -OCH3 is 1. The molecule has 0 aliphatic rings. The SMILES string of the molecule is COCCNCCNC(=O)C(C)(C)c1cccc(Br)c1.Cl. The number of nitrogens with one attached hydrogen (secondary N) is 2. The van der Waals surface area contributed by atoms with Crippen molar-refractivity contribution < 1.29 is 9.53 Å². The molecule has 0 aromatic heterocycles. The van der Waals surface area contributed by atoms with E-state index in [9.17, 15) is 4.79 Å². The number of benzene rings is 1. The molecule has 2 N–H and O–H groups in total. The van der Waals surface area contributed by atoms with Crippen molar-refractivity contribution in [1.82, 2.24) is 10.6 Å². The molecular formula is C15H24BrClN2O2. The zero-order valence-corrected chi connectivity index (χ0v) is 15.1. The third-order valence-electron chi connectivity index (χ3n) is 3.18. The highest BCUT2D eigenvalue weighted by atomic mass is 79.9. The first-order chi connectivity index (χ1) is 9.48. The van der Waals surface area contributed by atoms with E-state index in [2.05, 4.69) is 26.6 Å². The highest BCUT2D eigenvalue weighted by Gasteiger charge is 2.29. The van der Waals surface area contributed by atoms with Crippen LogP contribution in [0.4, 0.5) is 0 Å². The van der Waals surface area contributed by atoms with Crippen LogP contribution in [0, 0.1) is 0 Å².